The van der Waals surface area contributed by atoms with E-state index in [9.17, 15) is 9.18 Å². The maximum Gasteiger partial charge on any atom is 0.354 e. The first-order valence-electron chi connectivity index (χ1n) is 5.17. The summed E-state index contributed by atoms with van der Waals surface area (Å²) in [5, 5.41) is 8.91. The summed E-state index contributed by atoms with van der Waals surface area (Å²) >= 11 is 5.78. The molecule has 1 aromatic heterocycles. The first-order valence-corrected chi connectivity index (χ1v) is 5.55. The van der Waals surface area contributed by atoms with Gasteiger partial charge in [0.15, 0.2) is 5.69 Å². The van der Waals surface area contributed by atoms with Gasteiger partial charge in [0.25, 0.3) is 0 Å². The van der Waals surface area contributed by atoms with E-state index >= 15 is 0 Å². The zero-order valence-electron chi connectivity index (χ0n) is 9.72. The first kappa shape index (κ1) is 13.2. The molecule has 0 radical (unpaired) electrons. The fourth-order valence-corrected chi connectivity index (χ4v) is 1.56. The molecule has 0 fully saturated rings. The van der Waals surface area contributed by atoms with Crippen LogP contribution in [0.5, 0.6) is 11.8 Å². The van der Waals surface area contributed by atoms with E-state index in [1.54, 1.807) is 6.92 Å². The Kier molecular flexibility index (Phi) is 3.62. The second kappa shape index (κ2) is 5.19. The molecular formula is C12H8ClFN2O3. The van der Waals surface area contributed by atoms with Gasteiger partial charge in [0.05, 0.1) is 5.02 Å². The van der Waals surface area contributed by atoms with E-state index in [0.717, 1.165) is 12.1 Å². The third-order valence-corrected chi connectivity index (χ3v) is 2.44. The highest BCUT2D eigenvalue weighted by Crippen LogP contribution is 2.28. The zero-order chi connectivity index (χ0) is 14.0. The minimum atomic E-state index is -1.19. The molecule has 1 heterocycles. The van der Waals surface area contributed by atoms with E-state index < -0.39 is 11.8 Å². The van der Waals surface area contributed by atoms with Crippen molar-refractivity contribution in [2.75, 3.05) is 0 Å². The molecular weight excluding hydrogens is 275 g/mol. The lowest BCUT2D eigenvalue weighted by Gasteiger charge is -2.07. The van der Waals surface area contributed by atoms with Crippen LogP contribution in [0.4, 0.5) is 4.39 Å². The Balaban J connectivity index is 2.35. The van der Waals surface area contributed by atoms with Crippen LogP contribution in [0, 0.1) is 12.7 Å². The van der Waals surface area contributed by atoms with Crippen LogP contribution in [0.1, 0.15) is 16.2 Å². The minimum Gasteiger partial charge on any atom is -0.477 e. The molecule has 98 valence electrons. The van der Waals surface area contributed by atoms with Crippen molar-refractivity contribution in [1.82, 2.24) is 9.97 Å². The van der Waals surface area contributed by atoms with Gasteiger partial charge in [0, 0.05) is 5.69 Å². The van der Waals surface area contributed by atoms with Crippen molar-refractivity contribution in [2.24, 2.45) is 0 Å². The number of benzene rings is 1. The summed E-state index contributed by atoms with van der Waals surface area (Å²) in [4.78, 5) is 18.5. The fourth-order valence-electron chi connectivity index (χ4n) is 1.35. The lowest BCUT2D eigenvalue weighted by atomic mass is 10.3. The molecule has 5 nitrogen and oxygen atoms in total. The topological polar surface area (TPSA) is 72.3 Å². The number of aromatic nitrogens is 2. The highest BCUT2D eigenvalue weighted by molar-refractivity contribution is 6.32. The summed E-state index contributed by atoms with van der Waals surface area (Å²) in [5.74, 6) is -1.56. The van der Waals surface area contributed by atoms with E-state index in [1.807, 2.05) is 0 Å². The maximum absolute atomic E-state index is 12.9. The smallest absolute Gasteiger partial charge is 0.354 e. The van der Waals surface area contributed by atoms with Gasteiger partial charge in [-0.2, -0.15) is 4.98 Å². The Labute approximate surface area is 112 Å². The number of ether oxygens (including phenoxy) is 1. The van der Waals surface area contributed by atoms with Gasteiger partial charge in [0.1, 0.15) is 11.6 Å². The van der Waals surface area contributed by atoms with Gasteiger partial charge in [-0.15, -0.1) is 0 Å². The Hall–Kier alpha value is -2.21. The van der Waals surface area contributed by atoms with Crippen molar-refractivity contribution in [1.29, 1.82) is 0 Å². The summed E-state index contributed by atoms with van der Waals surface area (Å²) in [6.45, 7) is 1.60. The van der Waals surface area contributed by atoms with E-state index in [1.165, 1.54) is 12.1 Å². The summed E-state index contributed by atoms with van der Waals surface area (Å²) in [6.07, 6.45) is 0. The number of halogens is 2. The van der Waals surface area contributed by atoms with Gasteiger partial charge in [-0.3, -0.25) is 0 Å². The van der Waals surface area contributed by atoms with E-state index in [-0.39, 0.29) is 22.5 Å². The number of carboxylic acid groups (broad SMARTS) is 1. The molecule has 0 bridgehead atoms. The molecule has 2 aromatic rings. The number of hydrogen-bond acceptors (Lipinski definition) is 4. The molecule has 0 saturated carbocycles. The number of rotatable bonds is 3. The van der Waals surface area contributed by atoms with E-state index in [0.29, 0.717) is 5.69 Å². The largest absolute Gasteiger partial charge is 0.477 e. The highest BCUT2D eigenvalue weighted by atomic mass is 35.5. The number of carboxylic acids is 1. The third kappa shape index (κ3) is 3.17. The molecule has 7 heteroatoms. The van der Waals surface area contributed by atoms with E-state index in [4.69, 9.17) is 21.4 Å². The van der Waals surface area contributed by atoms with Crippen molar-refractivity contribution in [3.8, 4) is 11.8 Å². The molecule has 0 saturated heterocycles. The molecule has 0 amide bonds. The number of aromatic carboxylic acids is 1. The lowest BCUT2D eigenvalue weighted by Crippen LogP contribution is -2.04. The van der Waals surface area contributed by atoms with Gasteiger partial charge in [-0.1, -0.05) is 11.6 Å². The van der Waals surface area contributed by atoms with Crippen molar-refractivity contribution in [3.05, 3.63) is 46.5 Å². The average molecular weight is 283 g/mol. The maximum atomic E-state index is 12.9. The van der Waals surface area contributed by atoms with Crippen molar-refractivity contribution >= 4 is 17.6 Å². The van der Waals surface area contributed by atoms with E-state index in [2.05, 4.69) is 9.97 Å². The summed E-state index contributed by atoms with van der Waals surface area (Å²) in [7, 11) is 0. The van der Waals surface area contributed by atoms with Gasteiger partial charge < -0.3 is 9.84 Å². The fraction of sp³-hybridized carbons (Fsp3) is 0.0833. The van der Waals surface area contributed by atoms with Crippen LogP contribution in [0.3, 0.4) is 0 Å². The zero-order valence-corrected chi connectivity index (χ0v) is 10.5. The van der Waals surface area contributed by atoms with Gasteiger partial charge in [0.2, 0.25) is 0 Å². The summed E-state index contributed by atoms with van der Waals surface area (Å²) < 4.78 is 18.1. The van der Waals surface area contributed by atoms with Crippen LogP contribution >= 0.6 is 11.6 Å². The van der Waals surface area contributed by atoms with Crippen molar-refractivity contribution in [3.63, 3.8) is 0 Å². The molecule has 0 aliphatic carbocycles. The predicted octanol–water partition coefficient (Wildman–Crippen LogP) is 3.07. The van der Waals surface area contributed by atoms with Crippen molar-refractivity contribution < 1.29 is 19.0 Å². The number of aryl methyl sites for hydroxylation is 1. The molecule has 0 aliphatic rings. The van der Waals surface area contributed by atoms with Crippen LogP contribution in [0.25, 0.3) is 0 Å². The Morgan fingerprint density at radius 3 is 2.74 bits per heavy atom. The third-order valence-electron chi connectivity index (χ3n) is 2.15. The van der Waals surface area contributed by atoms with Gasteiger partial charge in [-0.05, 0) is 31.2 Å². The molecule has 0 aliphatic heterocycles. The Morgan fingerprint density at radius 1 is 1.37 bits per heavy atom. The number of nitrogens with zero attached hydrogens (tertiary/aromatic N) is 2. The molecule has 1 N–H and O–H groups in total. The number of hydrogen-bond donors (Lipinski definition) is 1. The van der Waals surface area contributed by atoms with Gasteiger partial charge >= 0.3 is 12.0 Å². The molecule has 2 rings (SSSR count). The molecule has 0 spiro atoms. The monoisotopic (exact) mass is 282 g/mol. The standard InChI is InChI=1S/C12H8ClFN2O3/c1-6-4-9(11(17)18)16-12(15-6)19-10-3-2-7(14)5-8(10)13/h2-5H,1H3,(H,17,18). The summed E-state index contributed by atoms with van der Waals surface area (Å²) in [5.41, 5.74) is 0.237. The predicted molar refractivity (Wildman–Crippen MR) is 65.2 cm³/mol. The molecule has 0 unspecified atom stereocenters. The Bertz CT molecular complexity index is 649. The second-order valence-electron chi connectivity index (χ2n) is 3.66. The molecule has 1 aromatic carbocycles. The quantitative estimate of drug-likeness (QED) is 0.936. The molecule has 0 atom stereocenters. The first-order chi connectivity index (χ1) is 8.95. The SMILES string of the molecule is Cc1cc(C(=O)O)nc(Oc2ccc(F)cc2Cl)n1. The van der Waals surface area contributed by atoms with Crippen LogP contribution in [-0.4, -0.2) is 21.0 Å². The Morgan fingerprint density at radius 2 is 2.11 bits per heavy atom. The van der Waals surface area contributed by atoms with Crippen LogP contribution in [0.15, 0.2) is 24.3 Å². The minimum absolute atomic E-state index is 0.0435. The highest BCUT2D eigenvalue weighted by Gasteiger charge is 2.12. The lowest BCUT2D eigenvalue weighted by molar-refractivity contribution is 0.0689. The van der Waals surface area contributed by atoms with Crippen LogP contribution < -0.4 is 4.74 Å². The second-order valence-corrected chi connectivity index (χ2v) is 4.07. The van der Waals surface area contributed by atoms with Gasteiger partial charge in [-0.25, -0.2) is 14.2 Å². The van der Waals surface area contributed by atoms with Crippen LogP contribution in [-0.2, 0) is 0 Å². The van der Waals surface area contributed by atoms with Crippen molar-refractivity contribution in [2.45, 2.75) is 6.92 Å². The molecule has 19 heavy (non-hydrogen) atoms. The average Bonchev–Trinajstić information content (AvgIpc) is 2.32. The normalized spacial score (nSPS) is 10.3. The van der Waals surface area contributed by atoms with Crippen LogP contribution in [0.2, 0.25) is 5.02 Å². The summed E-state index contributed by atoms with van der Waals surface area (Å²) in [6, 6.07) is 4.69. The number of carbonyl (C=O) groups is 1.